The van der Waals surface area contributed by atoms with E-state index in [0.29, 0.717) is 8.46 Å². The van der Waals surface area contributed by atoms with Gasteiger partial charge in [-0.1, -0.05) is 14.1 Å². The Morgan fingerprint density at radius 1 is 1.43 bits per heavy atom. The molecule has 0 saturated heterocycles. The predicted molar refractivity (Wildman–Crippen MR) is 58.9 cm³/mol. The highest BCUT2D eigenvalue weighted by atomic mass is 31.1. The van der Waals surface area contributed by atoms with Crippen molar-refractivity contribution in [2.45, 2.75) is 12.7 Å². The molecule has 0 aromatic rings. The van der Waals surface area contributed by atoms with E-state index in [4.69, 9.17) is 5.73 Å². The van der Waals surface area contributed by atoms with Crippen LogP contribution >= 0.6 is 8.46 Å². The van der Waals surface area contributed by atoms with E-state index >= 15 is 0 Å². The summed E-state index contributed by atoms with van der Waals surface area (Å²) in [5, 5.41) is 0. The highest BCUT2D eigenvalue weighted by Gasteiger charge is 2.26. The van der Waals surface area contributed by atoms with Gasteiger partial charge in [0.2, 0.25) is 0 Å². The molecule has 0 spiro atoms. The van der Waals surface area contributed by atoms with Crippen molar-refractivity contribution >= 4 is 21.8 Å². The first kappa shape index (κ1) is 12.7. The number of nitrogens with two attached hydrogens (primary N) is 1. The molecule has 2 unspecified atom stereocenters. The molecule has 0 aliphatic rings. The fourth-order valence-electron chi connectivity index (χ4n) is 0.366. The maximum atomic E-state index is 12.9. The van der Waals surface area contributed by atoms with Crippen LogP contribution in [0.5, 0.6) is 0 Å². The maximum Gasteiger partial charge on any atom is 0.280 e. The molecule has 0 aliphatic carbocycles. The molecule has 2 atom stereocenters. The summed E-state index contributed by atoms with van der Waals surface area (Å²) in [5.41, 5.74) is 7.62. The number of hydrogen-bond acceptors (Lipinski definition) is 2. The van der Waals surface area contributed by atoms with Gasteiger partial charge < -0.3 is 0 Å². The number of Topliss-reactive ketones (excluding diaryl/α,β-unsaturated/α-hetero) is 1. The number of hydrogen-bond donors (Lipinski definition) is 1. The zero-order valence-electron chi connectivity index (χ0n) is 7.86. The van der Waals surface area contributed by atoms with E-state index in [2.05, 4.69) is 29.3 Å². The van der Waals surface area contributed by atoms with E-state index in [1.165, 1.54) is 0 Å². The van der Waals surface area contributed by atoms with E-state index in [0.717, 1.165) is 6.92 Å². The van der Waals surface area contributed by atoms with E-state index in [9.17, 15) is 9.18 Å². The number of carbonyl (C=O) groups excluding carboxylic acids is 1. The van der Waals surface area contributed by atoms with E-state index in [1.54, 1.807) is 0 Å². The first-order chi connectivity index (χ1) is 6.50. The van der Waals surface area contributed by atoms with Crippen molar-refractivity contribution in [2.75, 3.05) is 0 Å². The molecule has 2 nitrogen and oxygen atoms in total. The summed E-state index contributed by atoms with van der Waals surface area (Å²) in [6, 6.07) is 0. The summed E-state index contributed by atoms with van der Waals surface area (Å²) in [5.74, 6) is 7.77. The zero-order chi connectivity index (χ0) is 11.0. The van der Waals surface area contributed by atoms with Crippen LogP contribution in [-0.2, 0) is 4.79 Å². The maximum absolute atomic E-state index is 12.9. The molecule has 0 aliphatic heterocycles. The van der Waals surface area contributed by atoms with Crippen LogP contribution in [0.4, 0.5) is 4.39 Å². The normalized spacial score (nSPS) is 12.5. The monoisotopic (exact) mass is 207 g/mol. The molecular weight excluding hydrogens is 199 g/mol. The smallest absolute Gasteiger partial charge is 0.280 e. The largest absolute Gasteiger partial charge is 0.294 e. The zero-order valence-corrected chi connectivity index (χ0v) is 8.86. The summed E-state index contributed by atoms with van der Waals surface area (Å²) in [7, 11) is 2.40. The van der Waals surface area contributed by atoms with Crippen LogP contribution < -0.4 is 5.73 Å². The number of ketones is 1. The molecule has 0 aromatic carbocycles. The minimum atomic E-state index is -2.60. The Balaban J connectivity index is 4.44. The molecule has 0 radical (unpaired) electrons. The Kier molecular flexibility index (Phi) is 5.67. The Morgan fingerprint density at radius 3 is 2.50 bits per heavy atom. The molecule has 0 heterocycles. The average Bonchev–Trinajstić information content (AvgIpc) is 2.10. The van der Waals surface area contributed by atoms with Crippen molar-refractivity contribution in [2.24, 2.45) is 5.73 Å². The Bertz CT molecular complexity index is 400. The molecule has 5 heteroatoms. The third-order valence-corrected chi connectivity index (χ3v) is 1.51. The van der Waals surface area contributed by atoms with Gasteiger partial charge in [-0.2, -0.15) is 0 Å². The summed E-state index contributed by atoms with van der Waals surface area (Å²) in [6.45, 7) is 1.03. The van der Waals surface area contributed by atoms with Crippen LogP contribution in [-0.4, -0.2) is 19.1 Å². The minimum absolute atomic E-state index is 0.490. The summed E-state index contributed by atoms with van der Waals surface area (Å²) >= 11 is 0. The number of halogens is 1. The van der Waals surface area contributed by atoms with Gasteiger partial charge in [0, 0.05) is 6.92 Å². The van der Waals surface area contributed by atoms with Crippen molar-refractivity contribution in [1.29, 1.82) is 0 Å². The number of alkyl halides is 1. The van der Waals surface area contributed by atoms with Gasteiger partial charge in [-0.25, -0.2) is 4.39 Å². The third kappa shape index (κ3) is 5.39. The van der Waals surface area contributed by atoms with Gasteiger partial charge in [-0.05, 0) is 29.6 Å². The lowest BCUT2D eigenvalue weighted by molar-refractivity contribution is -0.124. The quantitative estimate of drug-likeness (QED) is 0.270. The Labute approximate surface area is 85.3 Å². The standard InChI is InChI=1S/C9H8BFNOP/c1-8(13)9(11,12)6-4-2-3-5-7-14-10/h14H,10,12H2,1H3. The molecule has 0 amide bonds. The second kappa shape index (κ2) is 6.23. The molecule has 0 fully saturated rings. The molecule has 2 N–H and O–H groups in total. The molecule has 0 aromatic heterocycles. The van der Waals surface area contributed by atoms with Crippen LogP contribution in [0.15, 0.2) is 0 Å². The highest BCUT2D eigenvalue weighted by molar-refractivity contribution is 7.70. The Hall–Kier alpha value is -1.27. The first-order valence-electron chi connectivity index (χ1n) is 3.68. The third-order valence-electron chi connectivity index (χ3n) is 1.13. The molecule has 0 rings (SSSR count). The topological polar surface area (TPSA) is 43.1 Å². The number of carbonyl (C=O) groups is 1. The van der Waals surface area contributed by atoms with Gasteiger partial charge in [-0.3, -0.25) is 10.5 Å². The van der Waals surface area contributed by atoms with Gasteiger partial charge in [0.05, 0.1) is 0 Å². The lowest BCUT2D eigenvalue weighted by Gasteiger charge is -2.05. The fourth-order valence-corrected chi connectivity index (χ4v) is 0.554. The summed E-state index contributed by atoms with van der Waals surface area (Å²) in [6.07, 6.45) is 0. The van der Waals surface area contributed by atoms with Crippen molar-refractivity contribution in [3.05, 3.63) is 0 Å². The van der Waals surface area contributed by atoms with Crippen molar-refractivity contribution in [3.63, 3.8) is 0 Å². The molecular formula is C9H8BFNOP. The Morgan fingerprint density at radius 2 is 2.00 bits per heavy atom. The lowest BCUT2D eigenvalue weighted by atomic mass is 10.2. The second-order valence-electron chi connectivity index (χ2n) is 2.27. The fraction of sp³-hybridized carbons (Fsp3) is 0.222. The van der Waals surface area contributed by atoms with Gasteiger partial charge >= 0.3 is 0 Å². The van der Waals surface area contributed by atoms with Gasteiger partial charge in [0.1, 0.15) is 7.57 Å². The lowest BCUT2D eigenvalue weighted by Crippen LogP contribution is -2.40. The van der Waals surface area contributed by atoms with Crippen LogP contribution in [0.3, 0.4) is 0 Å². The van der Waals surface area contributed by atoms with Crippen molar-refractivity contribution in [1.82, 2.24) is 0 Å². The SMILES string of the molecule is BPC#CC#CC#CC(N)(F)C(C)=O. The van der Waals surface area contributed by atoms with E-state index in [1.807, 2.05) is 13.5 Å². The average molecular weight is 207 g/mol. The first-order valence-corrected chi connectivity index (χ1v) is 5.18. The van der Waals surface area contributed by atoms with Gasteiger partial charge in [0.15, 0.2) is 5.78 Å². The van der Waals surface area contributed by atoms with Crippen LogP contribution in [0.2, 0.25) is 0 Å². The number of rotatable bonds is 1. The van der Waals surface area contributed by atoms with Gasteiger partial charge in [0.25, 0.3) is 5.79 Å². The molecule has 0 saturated carbocycles. The molecule has 14 heavy (non-hydrogen) atoms. The summed E-state index contributed by atoms with van der Waals surface area (Å²) in [4.78, 5) is 10.6. The van der Waals surface area contributed by atoms with E-state index < -0.39 is 11.6 Å². The van der Waals surface area contributed by atoms with Crippen molar-refractivity contribution in [3.8, 4) is 35.3 Å². The summed E-state index contributed by atoms with van der Waals surface area (Å²) < 4.78 is 12.9. The van der Waals surface area contributed by atoms with Crippen LogP contribution in [0.25, 0.3) is 0 Å². The van der Waals surface area contributed by atoms with Crippen LogP contribution in [0.1, 0.15) is 6.92 Å². The molecule has 0 bridgehead atoms. The highest BCUT2D eigenvalue weighted by Crippen LogP contribution is 2.00. The minimum Gasteiger partial charge on any atom is -0.294 e. The van der Waals surface area contributed by atoms with Crippen molar-refractivity contribution < 1.29 is 9.18 Å². The second-order valence-corrected chi connectivity index (χ2v) is 3.02. The predicted octanol–water partition coefficient (Wildman–Crippen LogP) is -0.606. The molecule has 70 valence electrons. The van der Waals surface area contributed by atoms with Gasteiger partial charge in [-0.15, -0.1) is 0 Å². The van der Waals surface area contributed by atoms with E-state index in [-0.39, 0.29) is 0 Å². The van der Waals surface area contributed by atoms with Crippen LogP contribution in [0, 0.1) is 35.3 Å².